The number of halogens is 1. The molecule has 0 fully saturated rings. The molecule has 6 heteroatoms. The Hall–Kier alpha value is -0.900. The lowest BCUT2D eigenvalue weighted by Gasteiger charge is -2.19. The lowest BCUT2D eigenvalue weighted by Crippen LogP contribution is -2.18. The van der Waals surface area contributed by atoms with Gasteiger partial charge in [-0.3, -0.25) is 4.57 Å². The molecule has 2 N–H and O–H groups in total. The minimum atomic E-state index is -4.07. The molecule has 1 rings (SSSR count). The summed E-state index contributed by atoms with van der Waals surface area (Å²) in [7, 11) is -2.53. The first-order chi connectivity index (χ1) is 6.38. The highest BCUT2D eigenvalue weighted by atomic mass is 31.2. The summed E-state index contributed by atoms with van der Waals surface area (Å²) in [6.45, 7) is 0. The van der Waals surface area contributed by atoms with Gasteiger partial charge in [-0.15, -0.1) is 0 Å². The molecule has 1 aromatic carbocycles. The first-order valence-corrected chi connectivity index (χ1v) is 5.69. The van der Waals surface area contributed by atoms with Gasteiger partial charge in [-0.05, 0) is 24.3 Å². The van der Waals surface area contributed by atoms with Crippen molar-refractivity contribution >= 4 is 13.3 Å². The molecule has 14 heavy (non-hydrogen) atoms. The number of benzene rings is 1. The van der Waals surface area contributed by atoms with E-state index < -0.39 is 7.60 Å². The molecule has 0 aliphatic rings. The maximum Gasteiger partial charge on any atom is 0.344 e. The Kier molecular flexibility index (Phi) is 3.26. The fraction of sp³-hybridized carbons (Fsp3) is 0.250. The number of anilines is 1. The molecule has 0 spiro atoms. The smallest absolute Gasteiger partial charge is 0.344 e. The van der Waals surface area contributed by atoms with Crippen LogP contribution in [0.15, 0.2) is 24.3 Å². The summed E-state index contributed by atoms with van der Waals surface area (Å²) in [5.41, 5.74) is 0.565. The highest BCUT2D eigenvalue weighted by Gasteiger charge is 2.16. The van der Waals surface area contributed by atoms with Crippen LogP contribution in [0, 0.1) is 5.82 Å². The second kappa shape index (κ2) is 4.09. The van der Waals surface area contributed by atoms with Crippen molar-refractivity contribution in [3.05, 3.63) is 30.1 Å². The van der Waals surface area contributed by atoms with E-state index in [2.05, 4.69) is 0 Å². The van der Waals surface area contributed by atoms with E-state index in [1.54, 1.807) is 0 Å². The van der Waals surface area contributed by atoms with Crippen molar-refractivity contribution in [1.29, 1.82) is 0 Å². The first kappa shape index (κ1) is 11.2. The SMILES string of the molecule is CN(CP(=O)(O)O)c1ccc(F)cc1. The largest absolute Gasteiger partial charge is 0.363 e. The van der Waals surface area contributed by atoms with Crippen LogP contribution >= 0.6 is 7.60 Å². The number of rotatable bonds is 3. The van der Waals surface area contributed by atoms with Gasteiger partial charge >= 0.3 is 7.60 Å². The van der Waals surface area contributed by atoms with Crippen molar-refractivity contribution in [2.24, 2.45) is 0 Å². The summed E-state index contributed by atoms with van der Waals surface area (Å²) in [5, 5.41) is 0. The lowest BCUT2D eigenvalue weighted by atomic mass is 10.3. The van der Waals surface area contributed by atoms with E-state index in [-0.39, 0.29) is 12.1 Å². The van der Waals surface area contributed by atoms with Crippen molar-refractivity contribution < 1.29 is 18.7 Å². The lowest BCUT2D eigenvalue weighted by molar-refractivity contribution is 0.373. The van der Waals surface area contributed by atoms with Gasteiger partial charge in [0.2, 0.25) is 0 Å². The van der Waals surface area contributed by atoms with Crippen LogP contribution in [0.25, 0.3) is 0 Å². The highest BCUT2D eigenvalue weighted by Crippen LogP contribution is 2.35. The molecule has 0 heterocycles. The monoisotopic (exact) mass is 219 g/mol. The molecule has 0 unspecified atom stereocenters. The van der Waals surface area contributed by atoms with E-state index in [0.717, 1.165) is 0 Å². The van der Waals surface area contributed by atoms with Crippen LogP contribution in [0.1, 0.15) is 0 Å². The van der Waals surface area contributed by atoms with E-state index in [1.807, 2.05) is 0 Å². The predicted octanol–water partition coefficient (Wildman–Crippen LogP) is 1.40. The maximum atomic E-state index is 12.5. The molecule has 0 bridgehead atoms. The van der Waals surface area contributed by atoms with Gasteiger partial charge in [-0.2, -0.15) is 0 Å². The Bertz CT molecular complexity index is 348. The van der Waals surface area contributed by atoms with Crippen LogP contribution in [-0.4, -0.2) is 23.1 Å². The topological polar surface area (TPSA) is 60.8 Å². The summed E-state index contributed by atoms with van der Waals surface area (Å²) >= 11 is 0. The van der Waals surface area contributed by atoms with Crippen LogP contribution in [0.2, 0.25) is 0 Å². The number of hydrogen-bond donors (Lipinski definition) is 2. The van der Waals surface area contributed by atoms with Gasteiger partial charge < -0.3 is 14.7 Å². The maximum absolute atomic E-state index is 12.5. The molecule has 0 radical (unpaired) electrons. The zero-order valence-corrected chi connectivity index (χ0v) is 8.49. The second-order valence-corrected chi connectivity index (χ2v) is 4.59. The van der Waals surface area contributed by atoms with Crippen LogP contribution in [0.3, 0.4) is 0 Å². The Balaban J connectivity index is 2.75. The third-order valence-corrected chi connectivity index (χ3v) is 2.46. The average Bonchev–Trinajstić information content (AvgIpc) is 2.02. The van der Waals surface area contributed by atoms with E-state index in [1.165, 1.54) is 36.2 Å². The van der Waals surface area contributed by atoms with Gasteiger partial charge in [-0.1, -0.05) is 0 Å². The molecule has 1 aromatic rings. The minimum Gasteiger partial charge on any atom is -0.363 e. The summed E-state index contributed by atoms with van der Waals surface area (Å²) in [6, 6.07) is 5.41. The van der Waals surface area contributed by atoms with E-state index >= 15 is 0 Å². The summed E-state index contributed by atoms with van der Waals surface area (Å²) in [6.07, 6.45) is -0.376. The Morgan fingerprint density at radius 1 is 1.36 bits per heavy atom. The molecule has 0 saturated carbocycles. The second-order valence-electron chi connectivity index (χ2n) is 2.98. The zero-order valence-electron chi connectivity index (χ0n) is 7.59. The number of hydrogen-bond acceptors (Lipinski definition) is 2. The third-order valence-electron chi connectivity index (χ3n) is 1.66. The number of nitrogens with zero attached hydrogens (tertiary/aromatic N) is 1. The minimum absolute atomic E-state index is 0.376. The van der Waals surface area contributed by atoms with Gasteiger partial charge in [0, 0.05) is 12.7 Å². The van der Waals surface area contributed by atoms with Gasteiger partial charge in [0.25, 0.3) is 0 Å². The van der Waals surface area contributed by atoms with E-state index in [4.69, 9.17) is 9.79 Å². The molecule has 0 amide bonds. The third kappa shape index (κ3) is 3.46. The van der Waals surface area contributed by atoms with Crippen molar-refractivity contribution in [3.8, 4) is 0 Å². The fourth-order valence-electron chi connectivity index (χ4n) is 1.05. The zero-order chi connectivity index (χ0) is 10.8. The van der Waals surface area contributed by atoms with Gasteiger partial charge in [0.1, 0.15) is 12.1 Å². The van der Waals surface area contributed by atoms with E-state index in [0.29, 0.717) is 5.69 Å². The van der Waals surface area contributed by atoms with Crippen molar-refractivity contribution in [2.45, 2.75) is 0 Å². The van der Waals surface area contributed by atoms with Crippen LogP contribution in [-0.2, 0) is 4.57 Å². The Morgan fingerprint density at radius 3 is 2.29 bits per heavy atom. The molecule has 4 nitrogen and oxygen atoms in total. The summed E-state index contributed by atoms with van der Waals surface area (Å²) in [5.74, 6) is -0.377. The summed E-state index contributed by atoms with van der Waals surface area (Å²) < 4.78 is 23.2. The quantitative estimate of drug-likeness (QED) is 0.754. The molecule has 78 valence electrons. The predicted molar refractivity (Wildman–Crippen MR) is 51.7 cm³/mol. The van der Waals surface area contributed by atoms with Crippen molar-refractivity contribution in [3.63, 3.8) is 0 Å². The first-order valence-electron chi connectivity index (χ1n) is 3.90. The van der Waals surface area contributed by atoms with Gasteiger partial charge in [0.05, 0.1) is 0 Å². The molecule has 0 aromatic heterocycles. The molecular formula is C8H11FNO3P. The van der Waals surface area contributed by atoms with Crippen LogP contribution < -0.4 is 4.90 Å². The summed E-state index contributed by atoms with van der Waals surface area (Å²) in [4.78, 5) is 18.8. The molecule has 0 aliphatic heterocycles. The molecule has 0 aliphatic carbocycles. The fourth-order valence-corrected chi connectivity index (χ4v) is 1.77. The molecular weight excluding hydrogens is 208 g/mol. The Labute approximate surface area is 81.1 Å². The average molecular weight is 219 g/mol. The van der Waals surface area contributed by atoms with Crippen molar-refractivity contribution in [2.75, 3.05) is 18.2 Å². The molecule has 0 saturated heterocycles. The van der Waals surface area contributed by atoms with Crippen LogP contribution in [0.5, 0.6) is 0 Å². The highest BCUT2D eigenvalue weighted by molar-refractivity contribution is 7.51. The van der Waals surface area contributed by atoms with Gasteiger partial charge in [0.15, 0.2) is 0 Å². The van der Waals surface area contributed by atoms with Crippen LogP contribution in [0.4, 0.5) is 10.1 Å². The van der Waals surface area contributed by atoms with E-state index in [9.17, 15) is 8.96 Å². The Morgan fingerprint density at radius 2 is 1.86 bits per heavy atom. The standard InChI is InChI=1S/C8H11FNO3P/c1-10(6-14(11,12)13)8-4-2-7(9)3-5-8/h2-5H,6H2,1H3,(H2,11,12,13). The normalized spacial score (nSPS) is 11.4. The molecule has 0 atom stereocenters. The van der Waals surface area contributed by atoms with Crippen molar-refractivity contribution in [1.82, 2.24) is 0 Å². The van der Waals surface area contributed by atoms with Gasteiger partial charge in [-0.25, -0.2) is 4.39 Å².